The number of rotatable bonds is 4. The van der Waals surface area contributed by atoms with Crippen LogP contribution in [-0.4, -0.2) is 49.3 Å². The van der Waals surface area contributed by atoms with E-state index in [4.69, 9.17) is 4.74 Å². The third kappa shape index (κ3) is 3.32. The SMILES string of the molecule is C1CCN(C2(CNC3CCCC3)CCOCC2)CC1. The van der Waals surface area contributed by atoms with Crippen molar-refractivity contribution < 1.29 is 4.74 Å². The molecule has 0 unspecified atom stereocenters. The lowest BCUT2D eigenvalue weighted by Crippen LogP contribution is -2.59. The zero-order valence-electron chi connectivity index (χ0n) is 12.3. The van der Waals surface area contributed by atoms with Gasteiger partial charge in [0.2, 0.25) is 0 Å². The highest BCUT2D eigenvalue weighted by Gasteiger charge is 2.39. The molecule has 1 N–H and O–H groups in total. The molecule has 1 saturated carbocycles. The van der Waals surface area contributed by atoms with Crippen molar-refractivity contribution in [3.8, 4) is 0 Å². The minimum Gasteiger partial charge on any atom is -0.381 e. The van der Waals surface area contributed by atoms with Gasteiger partial charge < -0.3 is 10.1 Å². The van der Waals surface area contributed by atoms with E-state index in [2.05, 4.69) is 10.2 Å². The Labute approximate surface area is 118 Å². The summed E-state index contributed by atoms with van der Waals surface area (Å²) in [5.41, 5.74) is 0.404. The lowest BCUT2D eigenvalue weighted by molar-refractivity contribution is -0.0367. The zero-order chi connectivity index (χ0) is 13.0. The van der Waals surface area contributed by atoms with Crippen molar-refractivity contribution in [2.24, 2.45) is 0 Å². The number of nitrogens with zero attached hydrogens (tertiary/aromatic N) is 1. The second kappa shape index (κ2) is 6.55. The van der Waals surface area contributed by atoms with E-state index >= 15 is 0 Å². The molecule has 0 aromatic carbocycles. The quantitative estimate of drug-likeness (QED) is 0.846. The molecule has 3 aliphatic rings. The molecule has 0 spiro atoms. The molecule has 0 radical (unpaired) electrons. The van der Waals surface area contributed by atoms with Crippen LogP contribution in [0.15, 0.2) is 0 Å². The molecule has 3 nitrogen and oxygen atoms in total. The average Bonchev–Trinajstić information content (AvgIpc) is 3.01. The molecule has 3 rings (SSSR count). The smallest absolute Gasteiger partial charge is 0.0484 e. The van der Waals surface area contributed by atoms with Gasteiger partial charge in [0.1, 0.15) is 0 Å². The van der Waals surface area contributed by atoms with Gasteiger partial charge in [-0.05, 0) is 51.6 Å². The van der Waals surface area contributed by atoms with Gasteiger partial charge in [0.25, 0.3) is 0 Å². The van der Waals surface area contributed by atoms with Crippen molar-refractivity contribution in [1.29, 1.82) is 0 Å². The van der Waals surface area contributed by atoms with Crippen molar-refractivity contribution in [2.45, 2.75) is 69.4 Å². The van der Waals surface area contributed by atoms with E-state index in [0.29, 0.717) is 5.54 Å². The molecule has 2 aliphatic heterocycles. The Balaban J connectivity index is 1.61. The van der Waals surface area contributed by atoms with Crippen molar-refractivity contribution in [2.75, 3.05) is 32.8 Å². The number of hydrogen-bond donors (Lipinski definition) is 1. The first kappa shape index (κ1) is 13.8. The first-order valence-corrected chi connectivity index (χ1v) is 8.45. The van der Waals surface area contributed by atoms with Gasteiger partial charge in [0.15, 0.2) is 0 Å². The Morgan fingerprint density at radius 1 is 0.947 bits per heavy atom. The van der Waals surface area contributed by atoms with Gasteiger partial charge in [-0.25, -0.2) is 0 Å². The van der Waals surface area contributed by atoms with Crippen molar-refractivity contribution in [3.05, 3.63) is 0 Å². The average molecular weight is 266 g/mol. The molecule has 2 heterocycles. The topological polar surface area (TPSA) is 24.5 Å². The van der Waals surface area contributed by atoms with Crippen LogP contribution in [0.1, 0.15) is 57.8 Å². The molecular formula is C16H30N2O. The molecule has 3 fully saturated rings. The Kier molecular flexibility index (Phi) is 4.78. The third-order valence-electron chi connectivity index (χ3n) is 5.53. The van der Waals surface area contributed by atoms with Gasteiger partial charge in [-0.3, -0.25) is 4.90 Å². The van der Waals surface area contributed by atoms with Gasteiger partial charge >= 0.3 is 0 Å². The van der Waals surface area contributed by atoms with E-state index < -0.39 is 0 Å². The number of nitrogens with one attached hydrogen (secondary N) is 1. The second-order valence-electron chi connectivity index (χ2n) is 6.75. The van der Waals surface area contributed by atoms with Crippen LogP contribution in [0.5, 0.6) is 0 Å². The molecule has 3 heteroatoms. The summed E-state index contributed by atoms with van der Waals surface area (Å²) in [5.74, 6) is 0. The van der Waals surface area contributed by atoms with E-state index in [1.807, 2.05) is 0 Å². The highest BCUT2D eigenvalue weighted by Crippen LogP contribution is 2.31. The molecule has 0 aromatic rings. The van der Waals surface area contributed by atoms with Crippen molar-refractivity contribution >= 4 is 0 Å². The molecule has 0 atom stereocenters. The minimum atomic E-state index is 0.404. The van der Waals surface area contributed by atoms with Crippen LogP contribution in [0.3, 0.4) is 0 Å². The van der Waals surface area contributed by atoms with Crippen LogP contribution in [0.4, 0.5) is 0 Å². The first-order valence-electron chi connectivity index (χ1n) is 8.45. The lowest BCUT2D eigenvalue weighted by atomic mass is 9.85. The fraction of sp³-hybridized carbons (Fsp3) is 1.00. The molecule has 2 saturated heterocycles. The summed E-state index contributed by atoms with van der Waals surface area (Å²) in [5, 5.41) is 3.89. The fourth-order valence-electron chi connectivity index (χ4n) is 4.19. The van der Waals surface area contributed by atoms with E-state index in [9.17, 15) is 0 Å². The first-order chi connectivity index (χ1) is 9.39. The molecule has 0 aromatic heterocycles. The van der Waals surface area contributed by atoms with Gasteiger partial charge in [-0.2, -0.15) is 0 Å². The van der Waals surface area contributed by atoms with Crippen LogP contribution in [0, 0.1) is 0 Å². The minimum absolute atomic E-state index is 0.404. The van der Waals surface area contributed by atoms with Crippen LogP contribution >= 0.6 is 0 Å². The fourth-order valence-corrected chi connectivity index (χ4v) is 4.19. The van der Waals surface area contributed by atoms with E-state index in [0.717, 1.165) is 19.3 Å². The Morgan fingerprint density at radius 2 is 1.63 bits per heavy atom. The summed E-state index contributed by atoms with van der Waals surface area (Å²) in [7, 11) is 0. The lowest BCUT2D eigenvalue weighted by Gasteiger charge is -2.48. The van der Waals surface area contributed by atoms with Gasteiger partial charge in [0.05, 0.1) is 0 Å². The number of piperidine rings is 1. The Hall–Kier alpha value is -0.120. The predicted octanol–water partition coefficient (Wildman–Crippen LogP) is 2.55. The number of hydrogen-bond acceptors (Lipinski definition) is 3. The largest absolute Gasteiger partial charge is 0.381 e. The summed E-state index contributed by atoms with van der Waals surface area (Å²) < 4.78 is 5.63. The summed E-state index contributed by atoms with van der Waals surface area (Å²) in [6.07, 6.45) is 12.3. The van der Waals surface area contributed by atoms with Gasteiger partial charge in [-0.15, -0.1) is 0 Å². The standard InChI is InChI=1S/C16H30N2O/c1-4-10-18(11-5-1)16(8-12-19-13-9-16)14-17-15-6-2-3-7-15/h15,17H,1-14H2. The van der Waals surface area contributed by atoms with Gasteiger partial charge in [0, 0.05) is 31.3 Å². The summed E-state index contributed by atoms with van der Waals surface area (Å²) >= 11 is 0. The highest BCUT2D eigenvalue weighted by molar-refractivity contribution is 4.96. The molecular weight excluding hydrogens is 236 g/mol. The maximum Gasteiger partial charge on any atom is 0.0484 e. The maximum absolute atomic E-state index is 5.63. The van der Waals surface area contributed by atoms with Crippen molar-refractivity contribution in [1.82, 2.24) is 10.2 Å². The molecule has 19 heavy (non-hydrogen) atoms. The van der Waals surface area contributed by atoms with E-state index in [1.165, 1.54) is 77.4 Å². The highest BCUT2D eigenvalue weighted by atomic mass is 16.5. The molecule has 0 bridgehead atoms. The Morgan fingerprint density at radius 3 is 2.32 bits per heavy atom. The number of ether oxygens (including phenoxy) is 1. The van der Waals surface area contributed by atoms with Crippen LogP contribution in [0.2, 0.25) is 0 Å². The molecule has 110 valence electrons. The Bertz CT molecular complexity index is 264. The summed E-state index contributed by atoms with van der Waals surface area (Å²) in [6.45, 7) is 5.74. The number of likely N-dealkylation sites (tertiary alicyclic amines) is 1. The van der Waals surface area contributed by atoms with Gasteiger partial charge in [-0.1, -0.05) is 19.3 Å². The van der Waals surface area contributed by atoms with Crippen LogP contribution in [-0.2, 0) is 4.74 Å². The molecule has 0 amide bonds. The summed E-state index contributed by atoms with van der Waals surface area (Å²) in [4.78, 5) is 2.79. The van der Waals surface area contributed by atoms with Crippen molar-refractivity contribution in [3.63, 3.8) is 0 Å². The van der Waals surface area contributed by atoms with Crippen LogP contribution < -0.4 is 5.32 Å². The van der Waals surface area contributed by atoms with E-state index in [1.54, 1.807) is 0 Å². The van der Waals surface area contributed by atoms with E-state index in [-0.39, 0.29) is 0 Å². The predicted molar refractivity (Wildman–Crippen MR) is 78.5 cm³/mol. The monoisotopic (exact) mass is 266 g/mol. The third-order valence-corrected chi connectivity index (χ3v) is 5.53. The second-order valence-corrected chi connectivity index (χ2v) is 6.75. The van der Waals surface area contributed by atoms with Crippen LogP contribution in [0.25, 0.3) is 0 Å². The normalized spacial score (nSPS) is 29.7. The zero-order valence-corrected chi connectivity index (χ0v) is 12.3. The molecule has 1 aliphatic carbocycles. The summed E-state index contributed by atoms with van der Waals surface area (Å²) in [6, 6.07) is 0.796. The maximum atomic E-state index is 5.63.